The van der Waals surface area contributed by atoms with Crippen LogP contribution in [-0.4, -0.2) is 50.5 Å². The first-order chi connectivity index (χ1) is 19.0. The molecule has 3 aromatic rings. The van der Waals surface area contributed by atoms with Gasteiger partial charge in [0.05, 0.1) is 22.0 Å². The topological polar surface area (TPSA) is 96.0 Å². The fraction of sp³-hybridized carbons (Fsp3) is 0.310. The summed E-state index contributed by atoms with van der Waals surface area (Å²) in [4.78, 5) is 28.2. The van der Waals surface area contributed by atoms with E-state index in [0.29, 0.717) is 40.1 Å². The molecule has 0 aliphatic carbocycles. The molecule has 3 rings (SSSR count). The molecule has 40 heavy (non-hydrogen) atoms. The Morgan fingerprint density at radius 3 is 2.15 bits per heavy atom. The fourth-order valence-electron chi connectivity index (χ4n) is 4.04. The van der Waals surface area contributed by atoms with E-state index >= 15 is 0 Å². The number of anilines is 1. The van der Waals surface area contributed by atoms with E-state index in [1.807, 2.05) is 25.1 Å². The molecule has 0 aliphatic rings. The second kappa shape index (κ2) is 14.4. The second-order valence-corrected chi connectivity index (χ2v) is 11.9. The van der Waals surface area contributed by atoms with Crippen molar-refractivity contribution >= 4 is 50.7 Å². The molecular formula is C29H33Cl2N3O5S. The number of hydrogen-bond acceptors (Lipinski definition) is 5. The number of carbonyl (C=O) groups excluding carboxylic acids is 2. The van der Waals surface area contributed by atoms with Crippen LogP contribution in [0.15, 0.2) is 72.8 Å². The Labute approximate surface area is 245 Å². The lowest BCUT2D eigenvalue weighted by molar-refractivity contribution is -0.140. The molecule has 2 amide bonds. The van der Waals surface area contributed by atoms with Crippen LogP contribution in [0.5, 0.6) is 11.5 Å². The molecule has 1 atom stereocenters. The molecule has 0 aromatic heterocycles. The van der Waals surface area contributed by atoms with Gasteiger partial charge in [-0.1, -0.05) is 61.3 Å². The minimum atomic E-state index is -3.86. The lowest BCUT2D eigenvalue weighted by Crippen LogP contribution is -2.52. The molecule has 0 bridgehead atoms. The van der Waals surface area contributed by atoms with Gasteiger partial charge in [0.15, 0.2) is 0 Å². The highest BCUT2D eigenvalue weighted by Gasteiger charge is 2.31. The van der Waals surface area contributed by atoms with E-state index in [-0.39, 0.29) is 18.1 Å². The maximum absolute atomic E-state index is 13.8. The van der Waals surface area contributed by atoms with Crippen molar-refractivity contribution in [3.8, 4) is 11.5 Å². The number of ether oxygens (including phenoxy) is 1. The smallest absolute Gasteiger partial charge is 0.244 e. The van der Waals surface area contributed by atoms with Crippen LogP contribution in [-0.2, 0) is 26.2 Å². The Balaban J connectivity index is 1.90. The van der Waals surface area contributed by atoms with Gasteiger partial charge in [-0.15, -0.1) is 0 Å². The number of halogens is 2. The van der Waals surface area contributed by atoms with Crippen LogP contribution >= 0.6 is 23.2 Å². The quantitative estimate of drug-likeness (QED) is 0.262. The number of para-hydroxylation sites is 1. The minimum Gasteiger partial charge on any atom is -0.457 e. The molecule has 0 aliphatic heterocycles. The van der Waals surface area contributed by atoms with Gasteiger partial charge in [-0.2, -0.15) is 0 Å². The molecule has 0 saturated carbocycles. The molecule has 0 radical (unpaired) electrons. The molecule has 0 heterocycles. The molecular weight excluding hydrogens is 573 g/mol. The van der Waals surface area contributed by atoms with E-state index in [1.54, 1.807) is 61.5 Å². The van der Waals surface area contributed by atoms with Gasteiger partial charge in [-0.25, -0.2) is 8.42 Å². The van der Waals surface area contributed by atoms with Crippen molar-refractivity contribution < 1.29 is 22.7 Å². The Morgan fingerprint density at radius 2 is 1.57 bits per heavy atom. The first-order valence-corrected chi connectivity index (χ1v) is 15.5. The Morgan fingerprint density at radius 1 is 0.925 bits per heavy atom. The van der Waals surface area contributed by atoms with Gasteiger partial charge in [0.25, 0.3) is 0 Å². The summed E-state index contributed by atoms with van der Waals surface area (Å²) >= 11 is 12.3. The third-order valence-electron chi connectivity index (χ3n) is 6.05. The molecule has 0 fully saturated rings. The number of nitrogens with zero attached hydrogens (tertiary/aromatic N) is 2. The lowest BCUT2D eigenvalue weighted by Gasteiger charge is -2.33. The van der Waals surface area contributed by atoms with Gasteiger partial charge in [0.1, 0.15) is 24.1 Å². The Hall–Kier alpha value is -3.27. The third kappa shape index (κ3) is 8.61. The predicted molar refractivity (Wildman–Crippen MR) is 160 cm³/mol. The van der Waals surface area contributed by atoms with Crippen molar-refractivity contribution in [1.29, 1.82) is 0 Å². The number of nitrogens with one attached hydrogen (secondary N) is 1. The molecule has 214 valence electrons. The molecule has 8 nitrogen and oxygen atoms in total. The first kappa shape index (κ1) is 31.3. The zero-order valence-electron chi connectivity index (χ0n) is 22.6. The summed E-state index contributed by atoms with van der Waals surface area (Å²) in [6, 6.07) is 19.7. The summed E-state index contributed by atoms with van der Waals surface area (Å²) in [6.07, 6.45) is 2.09. The van der Waals surface area contributed by atoms with Crippen LogP contribution in [0.3, 0.4) is 0 Å². The molecule has 3 aromatic carbocycles. The average molecular weight is 607 g/mol. The zero-order valence-corrected chi connectivity index (χ0v) is 25.0. The molecule has 0 saturated heterocycles. The SMILES string of the molecule is CCCNC(=O)[C@@H](CC)N(Cc1ccc(Cl)c(Cl)c1)C(=O)CN(c1ccc(Oc2ccccc2)cc1)S(C)(=O)=O. The zero-order chi connectivity index (χ0) is 29.3. The highest BCUT2D eigenvalue weighted by atomic mass is 35.5. The fourth-order valence-corrected chi connectivity index (χ4v) is 5.21. The van der Waals surface area contributed by atoms with Crippen molar-refractivity contribution in [1.82, 2.24) is 10.2 Å². The summed E-state index contributed by atoms with van der Waals surface area (Å²) in [7, 11) is -3.86. The van der Waals surface area contributed by atoms with Crippen molar-refractivity contribution in [3.05, 3.63) is 88.4 Å². The maximum Gasteiger partial charge on any atom is 0.244 e. The molecule has 0 unspecified atom stereocenters. The van der Waals surface area contributed by atoms with Gasteiger partial charge in [0, 0.05) is 13.1 Å². The highest BCUT2D eigenvalue weighted by Crippen LogP contribution is 2.27. The van der Waals surface area contributed by atoms with Crippen molar-refractivity contribution in [2.24, 2.45) is 0 Å². The minimum absolute atomic E-state index is 0.0369. The number of amides is 2. The van der Waals surface area contributed by atoms with E-state index in [9.17, 15) is 18.0 Å². The molecule has 11 heteroatoms. The van der Waals surface area contributed by atoms with Gasteiger partial charge in [0.2, 0.25) is 21.8 Å². The van der Waals surface area contributed by atoms with E-state index < -0.39 is 28.5 Å². The lowest BCUT2D eigenvalue weighted by atomic mass is 10.1. The van der Waals surface area contributed by atoms with Crippen LogP contribution in [0.2, 0.25) is 10.0 Å². The number of hydrogen-bond donors (Lipinski definition) is 1. The van der Waals surface area contributed by atoms with E-state index in [4.69, 9.17) is 27.9 Å². The number of benzene rings is 3. The summed E-state index contributed by atoms with van der Waals surface area (Å²) in [5.41, 5.74) is 0.937. The number of rotatable bonds is 13. The Bertz CT molecular complexity index is 1400. The van der Waals surface area contributed by atoms with Crippen LogP contribution in [0.4, 0.5) is 5.69 Å². The number of carbonyl (C=O) groups is 2. The van der Waals surface area contributed by atoms with Crippen molar-refractivity contribution in [2.45, 2.75) is 39.3 Å². The standard InChI is InChI=1S/C29H33Cl2N3O5S/c1-4-17-32-29(36)27(5-2)33(19-21-11-16-25(30)26(31)18-21)28(35)20-34(40(3,37)38)22-12-14-24(15-13-22)39-23-9-7-6-8-10-23/h6-16,18,27H,4-5,17,19-20H2,1-3H3,(H,32,36)/t27-/m1/s1. The molecule has 0 spiro atoms. The first-order valence-electron chi connectivity index (χ1n) is 12.8. The van der Waals surface area contributed by atoms with Crippen LogP contribution in [0.25, 0.3) is 0 Å². The van der Waals surface area contributed by atoms with Gasteiger partial charge in [-0.3, -0.25) is 13.9 Å². The van der Waals surface area contributed by atoms with E-state index in [2.05, 4.69) is 5.32 Å². The van der Waals surface area contributed by atoms with Crippen molar-refractivity contribution in [3.63, 3.8) is 0 Å². The summed E-state index contributed by atoms with van der Waals surface area (Å²) in [5.74, 6) is 0.288. The summed E-state index contributed by atoms with van der Waals surface area (Å²) in [6.45, 7) is 3.72. The number of sulfonamides is 1. The van der Waals surface area contributed by atoms with Crippen LogP contribution < -0.4 is 14.4 Å². The molecule has 1 N–H and O–H groups in total. The summed E-state index contributed by atoms with van der Waals surface area (Å²) in [5, 5.41) is 3.51. The van der Waals surface area contributed by atoms with Gasteiger partial charge in [-0.05, 0) is 66.9 Å². The summed E-state index contributed by atoms with van der Waals surface area (Å²) < 4.78 is 32.5. The normalized spacial score (nSPS) is 11.9. The second-order valence-electron chi connectivity index (χ2n) is 9.16. The van der Waals surface area contributed by atoms with Gasteiger partial charge >= 0.3 is 0 Å². The van der Waals surface area contributed by atoms with Crippen LogP contribution in [0, 0.1) is 0 Å². The maximum atomic E-state index is 13.8. The van der Waals surface area contributed by atoms with E-state index in [0.717, 1.165) is 17.0 Å². The monoisotopic (exact) mass is 605 g/mol. The van der Waals surface area contributed by atoms with Crippen molar-refractivity contribution in [2.75, 3.05) is 23.7 Å². The van der Waals surface area contributed by atoms with E-state index in [1.165, 1.54) is 4.90 Å². The Kier molecular flexibility index (Phi) is 11.2. The third-order valence-corrected chi connectivity index (χ3v) is 7.93. The van der Waals surface area contributed by atoms with Crippen LogP contribution in [0.1, 0.15) is 32.3 Å². The predicted octanol–water partition coefficient (Wildman–Crippen LogP) is 5.89. The largest absolute Gasteiger partial charge is 0.457 e. The van der Waals surface area contributed by atoms with Gasteiger partial charge < -0.3 is 15.0 Å². The highest BCUT2D eigenvalue weighted by molar-refractivity contribution is 7.92. The average Bonchev–Trinajstić information content (AvgIpc) is 2.92.